The first-order chi connectivity index (χ1) is 14.9. The van der Waals surface area contributed by atoms with Crippen molar-refractivity contribution in [3.63, 3.8) is 0 Å². The van der Waals surface area contributed by atoms with Crippen molar-refractivity contribution in [1.29, 1.82) is 0 Å². The predicted molar refractivity (Wildman–Crippen MR) is 124 cm³/mol. The number of aromatic nitrogens is 3. The van der Waals surface area contributed by atoms with Gasteiger partial charge in [-0.1, -0.05) is 23.7 Å². The van der Waals surface area contributed by atoms with Crippen LogP contribution < -0.4 is 10.2 Å². The lowest BCUT2D eigenvalue weighted by molar-refractivity contribution is -0.121. The average molecular weight is 438 g/mol. The zero-order valence-electron chi connectivity index (χ0n) is 18.2. The first kappa shape index (κ1) is 21.4. The molecule has 0 unspecified atom stereocenters. The molecule has 4 rings (SSSR count). The van der Waals surface area contributed by atoms with Crippen molar-refractivity contribution in [3.8, 4) is 5.69 Å². The number of rotatable bonds is 5. The second-order valence-electron chi connectivity index (χ2n) is 8.19. The second-order valence-corrected chi connectivity index (χ2v) is 8.60. The van der Waals surface area contributed by atoms with E-state index < -0.39 is 0 Å². The normalized spacial score (nSPS) is 14.6. The maximum atomic E-state index is 12.8. The summed E-state index contributed by atoms with van der Waals surface area (Å²) in [6.07, 6.45) is 3.99. The third kappa shape index (κ3) is 4.74. The Bertz CT molecular complexity index is 1070. The van der Waals surface area contributed by atoms with E-state index in [2.05, 4.69) is 20.3 Å². The number of halogens is 1. The van der Waals surface area contributed by atoms with Crippen LogP contribution in [0.4, 0.5) is 5.82 Å². The SMILES string of the molecule is Cc1ccc(-n2nc(C)c(CC(=O)NC3CCN(c4ccccn4)CC3)c2C)cc1Cl. The van der Waals surface area contributed by atoms with Gasteiger partial charge in [-0.25, -0.2) is 9.67 Å². The zero-order valence-corrected chi connectivity index (χ0v) is 19.0. The monoisotopic (exact) mass is 437 g/mol. The largest absolute Gasteiger partial charge is 0.356 e. The fourth-order valence-corrected chi connectivity index (χ4v) is 4.30. The molecule has 1 saturated heterocycles. The van der Waals surface area contributed by atoms with Crippen molar-refractivity contribution in [2.45, 2.75) is 46.1 Å². The highest BCUT2D eigenvalue weighted by Gasteiger charge is 2.23. The van der Waals surface area contributed by atoms with E-state index in [1.165, 1.54) is 0 Å². The number of carbonyl (C=O) groups is 1. The Morgan fingerprint density at radius 3 is 2.61 bits per heavy atom. The summed E-state index contributed by atoms with van der Waals surface area (Å²) in [6.45, 7) is 7.72. The number of piperidine rings is 1. The quantitative estimate of drug-likeness (QED) is 0.650. The topological polar surface area (TPSA) is 63.1 Å². The molecule has 0 aliphatic carbocycles. The van der Waals surface area contributed by atoms with E-state index in [0.29, 0.717) is 11.4 Å². The van der Waals surface area contributed by atoms with Crippen LogP contribution in [0.3, 0.4) is 0 Å². The Morgan fingerprint density at radius 2 is 1.94 bits per heavy atom. The number of nitrogens with zero attached hydrogens (tertiary/aromatic N) is 4. The number of hydrogen-bond donors (Lipinski definition) is 1. The minimum atomic E-state index is 0.0453. The second kappa shape index (κ2) is 9.10. The van der Waals surface area contributed by atoms with Gasteiger partial charge in [0, 0.05) is 41.6 Å². The Kier molecular flexibility index (Phi) is 6.28. The Morgan fingerprint density at radius 1 is 1.16 bits per heavy atom. The van der Waals surface area contributed by atoms with Gasteiger partial charge in [0.2, 0.25) is 5.91 Å². The van der Waals surface area contributed by atoms with E-state index in [4.69, 9.17) is 11.6 Å². The molecule has 162 valence electrons. The molecule has 7 heteroatoms. The molecule has 1 amide bonds. The van der Waals surface area contributed by atoms with Gasteiger partial charge in [-0.2, -0.15) is 5.10 Å². The number of hydrogen-bond acceptors (Lipinski definition) is 4. The average Bonchev–Trinajstić information content (AvgIpc) is 3.05. The van der Waals surface area contributed by atoms with E-state index in [0.717, 1.165) is 60.0 Å². The highest BCUT2D eigenvalue weighted by atomic mass is 35.5. The van der Waals surface area contributed by atoms with Crippen molar-refractivity contribution in [1.82, 2.24) is 20.1 Å². The number of anilines is 1. The summed E-state index contributed by atoms with van der Waals surface area (Å²) in [5, 5.41) is 8.58. The number of nitrogens with one attached hydrogen (secondary N) is 1. The van der Waals surface area contributed by atoms with Gasteiger partial charge in [-0.05, 0) is 63.4 Å². The van der Waals surface area contributed by atoms with Crippen molar-refractivity contribution in [2.24, 2.45) is 0 Å². The molecule has 1 aliphatic heterocycles. The number of aryl methyl sites for hydroxylation is 2. The lowest BCUT2D eigenvalue weighted by Gasteiger charge is -2.33. The molecule has 1 N–H and O–H groups in total. The van der Waals surface area contributed by atoms with Gasteiger partial charge >= 0.3 is 0 Å². The van der Waals surface area contributed by atoms with E-state index in [1.807, 2.05) is 68.0 Å². The molecule has 0 atom stereocenters. The van der Waals surface area contributed by atoms with Gasteiger partial charge in [0.1, 0.15) is 5.82 Å². The Balaban J connectivity index is 1.38. The molecule has 3 heterocycles. The van der Waals surface area contributed by atoms with Crippen LogP contribution in [0.5, 0.6) is 0 Å². The molecule has 1 aliphatic rings. The third-order valence-corrected chi connectivity index (χ3v) is 6.42. The molecule has 0 bridgehead atoms. The maximum Gasteiger partial charge on any atom is 0.224 e. The van der Waals surface area contributed by atoms with Gasteiger partial charge in [-0.3, -0.25) is 4.79 Å². The lowest BCUT2D eigenvalue weighted by atomic mass is 10.0. The Labute approximate surface area is 188 Å². The van der Waals surface area contributed by atoms with E-state index in [9.17, 15) is 4.79 Å². The molecular weight excluding hydrogens is 410 g/mol. The molecule has 3 aromatic rings. The standard InChI is InChI=1S/C24H28ClN5O/c1-16-7-8-20(14-22(16)25)30-18(3)21(17(2)28-30)15-24(31)27-19-9-12-29(13-10-19)23-6-4-5-11-26-23/h4-8,11,14,19H,9-10,12-13,15H2,1-3H3,(H,27,31). The summed E-state index contributed by atoms with van der Waals surface area (Å²) in [5.41, 5.74) is 4.75. The molecule has 1 aromatic carbocycles. The number of benzene rings is 1. The van der Waals surface area contributed by atoms with Crippen LogP contribution in [0, 0.1) is 20.8 Å². The summed E-state index contributed by atoms with van der Waals surface area (Å²) in [4.78, 5) is 19.5. The summed E-state index contributed by atoms with van der Waals surface area (Å²) in [6, 6.07) is 12.1. The molecule has 1 fully saturated rings. The van der Waals surface area contributed by atoms with Gasteiger partial charge in [-0.15, -0.1) is 0 Å². The molecule has 0 radical (unpaired) electrons. The van der Waals surface area contributed by atoms with Crippen LogP contribution in [0.2, 0.25) is 5.02 Å². The fourth-order valence-electron chi connectivity index (χ4n) is 4.13. The van der Waals surface area contributed by atoms with E-state index >= 15 is 0 Å². The smallest absolute Gasteiger partial charge is 0.224 e. The first-order valence-corrected chi connectivity index (χ1v) is 11.1. The van der Waals surface area contributed by atoms with Crippen molar-refractivity contribution >= 4 is 23.3 Å². The van der Waals surface area contributed by atoms with E-state index in [-0.39, 0.29) is 11.9 Å². The zero-order chi connectivity index (χ0) is 22.0. The molecular formula is C24H28ClN5O. The number of pyridine rings is 1. The predicted octanol–water partition coefficient (Wildman–Crippen LogP) is 4.17. The van der Waals surface area contributed by atoms with Crippen LogP contribution in [0.25, 0.3) is 5.69 Å². The van der Waals surface area contributed by atoms with Crippen molar-refractivity contribution in [2.75, 3.05) is 18.0 Å². The Hall–Kier alpha value is -2.86. The highest BCUT2D eigenvalue weighted by molar-refractivity contribution is 6.31. The molecule has 2 aromatic heterocycles. The highest BCUT2D eigenvalue weighted by Crippen LogP contribution is 2.23. The number of amides is 1. The summed E-state index contributed by atoms with van der Waals surface area (Å²) < 4.78 is 1.87. The van der Waals surface area contributed by atoms with Crippen LogP contribution >= 0.6 is 11.6 Å². The molecule has 31 heavy (non-hydrogen) atoms. The summed E-state index contributed by atoms with van der Waals surface area (Å²) in [7, 11) is 0. The first-order valence-electron chi connectivity index (χ1n) is 10.7. The molecule has 0 spiro atoms. The fraction of sp³-hybridized carbons (Fsp3) is 0.375. The van der Waals surface area contributed by atoms with Gasteiger partial charge < -0.3 is 10.2 Å². The van der Waals surface area contributed by atoms with Crippen molar-refractivity contribution < 1.29 is 4.79 Å². The van der Waals surface area contributed by atoms with Crippen LogP contribution in [0.1, 0.15) is 35.4 Å². The van der Waals surface area contributed by atoms with E-state index in [1.54, 1.807) is 0 Å². The van der Waals surface area contributed by atoms with Crippen LogP contribution in [-0.2, 0) is 11.2 Å². The van der Waals surface area contributed by atoms with Gasteiger partial charge in [0.05, 0.1) is 17.8 Å². The number of carbonyl (C=O) groups excluding carboxylic acids is 1. The molecule has 6 nitrogen and oxygen atoms in total. The maximum absolute atomic E-state index is 12.8. The van der Waals surface area contributed by atoms with Crippen LogP contribution in [0.15, 0.2) is 42.6 Å². The molecule has 0 saturated carbocycles. The lowest BCUT2D eigenvalue weighted by Crippen LogP contribution is -2.45. The summed E-state index contributed by atoms with van der Waals surface area (Å²) in [5.74, 6) is 1.05. The minimum Gasteiger partial charge on any atom is -0.356 e. The van der Waals surface area contributed by atoms with Gasteiger partial charge in [0.15, 0.2) is 0 Å². The van der Waals surface area contributed by atoms with Gasteiger partial charge in [0.25, 0.3) is 0 Å². The summed E-state index contributed by atoms with van der Waals surface area (Å²) >= 11 is 6.29. The van der Waals surface area contributed by atoms with Crippen LogP contribution in [-0.4, -0.2) is 39.8 Å². The minimum absolute atomic E-state index is 0.0453. The van der Waals surface area contributed by atoms with Crippen molar-refractivity contribution in [3.05, 3.63) is 70.1 Å². The third-order valence-electron chi connectivity index (χ3n) is 6.01.